The second kappa shape index (κ2) is 8.54. The normalized spacial score (nSPS) is 20.4. The number of unbranched alkanes of at least 4 members (excludes halogenated alkanes) is 1. The van der Waals surface area contributed by atoms with Crippen molar-refractivity contribution < 1.29 is 33.9 Å². The minimum atomic E-state index is -1.59. The Hall–Kier alpha value is -3.76. The van der Waals surface area contributed by atoms with E-state index in [1.807, 2.05) is 0 Å². The van der Waals surface area contributed by atoms with Gasteiger partial charge in [-0.1, -0.05) is 6.07 Å². The van der Waals surface area contributed by atoms with Crippen LogP contribution < -0.4 is 16.0 Å². The number of fused-ring (bicyclic) bond motifs is 1. The predicted octanol–water partition coefficient (Wildman–Crippen LogP) is 0.854. The molecule has 1 aromatic carbocycles. The SMILES string of the molecule is CC(=O)Nc1cccc2c1C(=O)N(C1(CCCCNC(=O)O)CCC(=O)NC1=O)C2=O. The van der Waals surface area contributed by atoms with E-state index in [1.54, 1.807) is 0 Å². The largest absolute Gasteiger partial charge is 0.465 e. The third kappa shape index (κ3) is 4.11. The van der Waals surface area contributed by atoms with Crippen molar-refractivity contribution in [1.29, 1.82) is 0 Å². The molecule has 2 aliphatic rings. The van der Waals surface area contributed by atoms with E-state index in [2.05, 4.69) is 16.0 Å². The van der Waals surface area contributed by atoms with Crippen molar-refractivity contribution in [2.45, 2.75) is 44.6 Å². The molecule has 0 saturated carbocycles. The summed E-state index contributed by atoms with van der Waals surface area (Å²) in [5.74, 6) is -3.07. The van der Waals surface area contributed by atoms with E-state index >= 15 is 0 Å². The first kappa shape index (κ1) is 21.9. The first-order valence-corrected chi connectivity index (χ1v) is 9.78. The molecule has 1 aromatic rings. The minimum Gasteiger partial charge on any atom is -0.465 e. The molecule has 3 rings (SSSR count). The standard InChI is InChI=1S/C20H22N4O7/c1-11(25)22-13-6-4-5-12-15(13)17(28)24(16(12)27)20(8-2-3-10-21-19(30)31)9-7-14(26)23-18(20)29/h4-6,21H,2-3,7-10H2,1H3,(H,22,25)(H,30,31)(H,23,26,29). The number of benzene rings is 1. The van der Waals surface area contributed by atoms with Crippen molar-refractivity contribution in [3.63, 3.8) is 0 Å². The smallest absolute Gasteiger partial charge is 0.404 e. The van der Waals surface area contributed by atoms with Gasteiger partial charge in [0.1, 0.15) is 5.54 Å². The summed E-state index contributed by atoms with van der Waals surface area (Å²) in [5, 5.41) is 15.6. The lowest BCUT2D eigenvalue weighted by Crippen LogP contribution is -2.64. The summed E-state index contributed by atoms with van der Waals surface area (Å²) >= 11 is 0. The Morgan fingerprint density at radius 1 is 1.16 bits per heavy atom. The summed E-state index contributed by atoms with van der Waals surface area (Å²) in [5.41, 5.74) is -1.36. The van der Waals surface area contributed by atoms with E-state index in [0.717, 1.165) is 4.90 Å². The van der Waals surface area contributed by atoms with Gasteiger partial charge in [-0.3, -0.25) is 34.2 Å². The minimum absolute atomic E-state index is 0.000631. The van der Waals surface area contributed by atoms with Gasteiger partial charge >= 0.3 is 6.09 Å². The van der Waals surface area contributed by atoms with E-state index < -0.39 is 41.2 Å². The van der Waals surface area contributed by atoms with E-state index in [-0.39, 0.29) is 42.6 Å². The Morgan fingerprint density at radius 2 is 1.90 bits per heavy atom. The number of piperidine rings is 1. The zero-order chi connectivity index (χ0) is 22.8. The summed E-state index contributed by atoms with van der Waals surface area (Å²) < 4.78 is 0. The van der Waals surface area contributed by atoms with Crippen LogP contribution in [0.5, 0.6) is 0 Å². The number of nitrogens with one attached hydrogen (secondary N) is 3. The van der Waals surface area contributed by atoms with Gasteiger partial charge in [0.2, 0.25) is 11.8 Å². The number of hydrogen-bond acceptors (Lipinski definition) is 6. The molecule has 6 amide bonds. The van der Waals surface area contributed by atoms with Crippen LogP contribution in [-0.2, 0) is 14.4 Å². The molecule has 11 heteroatoms. The Morgan fingerprint density at radius 3 is 2.55 bits per heavy atom. The molecule has 0 bridgehead atoms. The van der Waals surface area contributed by atoms with Crippen LogP contribution in [0.15, 0.2) is 18.2 Å². The molecule has 0 spiro atoms. The molecule has 2 heterocycles. The van der Waals surface area contributed by atoms with Crippen LogP contribution in [0.3, 0.4) is 0 Å². The number of nitrogens with zero attached hydrogens (tertiary/aromatic N) is 1. The van der Waals surface area contributed by atoms with Crippen LogP contribution in [0.1, 0.15) is 59.7 Å². The van der Waals surface area contributed by atoms with Gasteiger partial charge in [0.05, 0.1) is 16.8 Å². The van der Waals surface area contributed by atoms with E-state index in [4.69, 9.17) is 5.11 Å². The van der Waals surface area contributed by atoms with Gasteiger partial charge in [0.15, 0.2) is 0 Å². The van der Waals surface area contributed by atoms with E-state index in [9.17, 15) is 28.8 Å². The molecule has 4 N–H and O–H groups in total. The van der Waals surface area contributed by atoms with Crippen LogP contribution >= 0.6 is 0 Å². The second-order valence-electron chi connectivity index (χ2n) is 7.45. The molecule has 1 saturated heterocycles. The van der Waals surface area contributed by atoms with Crippen molar-refractivity contribution in [2.75, 3.05) is 11.9 Å². The van der Waals surface area contributed by atoms with Crippen LogP contribution in [0, 0.1) is 0 Å². The highest BCUT2D eigenvalue weighted by molar-refractivity contribution is 6.26. The molecule has 2 aliphatic heterocycles. The van der Waals surface area contributed by atoms with Crippen LogP contribution in [-0.4, -0.2) is 57.7 Å². The predicted molar refractivity (Wildman–Crippen MR) is 106 cm³/mol. The lowest BCUT2D eigenvalue weighted by atomic mass is 9.82. The molecule has 0 radical (unpaired) electrons. The highest BCUT2D eigenvalue weighted by atomic mass is 16.4. The topological polar surface area (TPSA) is 162 Å². The van der Waals surface area contributed by atoms with Crippen molar-refractivity contribution in [3.8, 4) is 0 Å². The summed E-state index contributed by atoms with van der Waals surface area (Å²) in [4.78, 5) is 74.2. The van der Waals surface area contributed by atoms with Crippen molar-refractivity contribution in [1.82, 2.24) is 15.5 Å². The first-order chi connectivity index (χ1) is 14.7. The average Bonchev–Trinajstić information content (AvgIpc) is 2.95. The molecule has 1 atom stereocenters. The van der Waals surface area contributed by atoms with Gasteiger partial charge in [0, 0.05) is 19.9 Å². The molecule has 1 fully saturated rings. The third-order valence-corrected chi connectivity index (χ3v) is 5.39. The summed E-state index contributed by atoms with van der Waals surface area (Å²) in [6.07, 6.45) is -0.505. The molecular formula is C20H22N4O7. The molecule has 11 nitrogen and oxygen atoms in total. The average molecular weight is 430 g/mol. The Bertz CT molecular complexity index is 990. The summed E-state index contributed by atoms with van der Waals surface area (Å²) in [6, 6.07) is 4.45. The molecule has 0 aromatic heterocycles. The van der Waals surface area contributed by atoms with Gasteiger partial charge in [-0.15, -0.1) is 0 Å². The van der Waals surface area contributed by atoms with Gasteiger partial charge < -0.3 is 15.7 Å². The monoisotopic (exact) mass is 430 g/mol. The fourth-order valence-electron chi connectivity index (χ4n) is 4.01. The number of carbonyl (C=O) groups excluding carboxylic acids is 5. The first-order valence-electron chi connectivity index (χ1n) is 9.78. The molecular weight excluding hydrogens is 408 g/mol. The summed E-state index contributed by atoms with van der Waals surface area (Å²) in [7, 11) is 0. The Balaban J connectivity index is 1.94. The molecule has 0 aliphatic carbocycles. The maximum absolute atomic E-state index is 13.3. The van der Waals surface area contributed by atoms with Crippen LogP contribution in [0.2, 0.25) is 0 Å². The van der Waals surface area contributed by atoms with Gasteiger partial charge in [-0.25, -0.2) is 4.79 Å². The maximum Gasteiger partial charge on any atom is 0.404 e. The lowest BCUT2D eigenvalue weighted by Gasteiger charge is -2.41. The molecule has 164 valence electrons. The van der Waals surface area contributed by atoms with Gasteiger partial charge in [0.25, 0.3) is 17.7 Å². The zero-order valence-corrected chi connectivity index (χ0v) is 16.8. The molecule has 31 heavy (non-hydrogen) atoms. The fraction of sp³-hybridized carbons (Fsp3) is 0.400. The second-order valence-corrected chi connectivity index (χ2v) is 7.45. The van der Waals surface area contributed by atoms with Crippen molar-refractivity contribution in [2.24, 2.45) is 0 Å². The van der Waals surface area contributed by atoms with Gasteiger partial charge in [-0.05, 0) is 37.8 Å². The number of imide groups is 2. The molecule has 1 unspecified atom stereocenters. The number of hydrogen-bond donors (Lipinski definition) is 4. The summed E-state index contributed by atoms with van der Waals surface area (Å²) in [6.45, 7) is 1.41. The number of anilines is 1. The quantitative estimate of drug-likeness (QED) is 0.368. The highest BCUT2D eigenvalue weighted by Crippen LogP contribution is 2.39. The number of carboxylic acid groups (broad SMARTS) is 1. The number of amides is 6. The fourth-order valence-corrected chi connectivity index (χ4v) is 4.01. The van der Waals surface area contributed by atoms with Gasteiger partial charge in [-0.2, -0.15) is 0 Å². The Labute approximate surface area is 177 Å². The van der Waals surface area contributed by atoms with Crippen molar-refractivity contribution >= 4 is 41.3 Å². The Kier molecular flexibility index (Phi) is 6.04. The van der Waals surface area contributed by atoms with Crippen LogP contribution in [0.4, 0.5) is 10.5 Å². The highest BCUT2D eigenvalue weighted by Gasteiger charge is 2.55. The van der Waals surface area contributed by atoms with Crippen molar-refractivity contribution in [3.05, 3.63) is 29.3 Å². The zero-order valence-electron chi connectivity index (χ0n) is 16.8. The third-order valence-electron chi connectivity index (χ3n) is 5.39. The number of carbonyl (C=O) groups is 6. The van der Waals surface area contributed by atoms with E-state index in [0.29, 0.717) is 12.8 Å². The maximum atomic E-state index is 13.3. The lowest BCUT2D eigenvalue weighted by molar-refractivity contribution is -0.142. The van der Waals surface area contributed by atoms with Crippen LogP contribution in [0.25, 0.3) is 0 Å². The number of rotatable bonds is 7. The van der Waals surface area contributed by atoms with E-state index in [1.165, 1.54) is 25.1 Å².